The van der Waals surface area contributed by atoms with E-state index in [2.05, 4.69) is 10.6 Å². The van der Waals surface area contributed by atoms with Crippen LogP contribution in [0.1, 0.15) is 32.3 Å². The number of hydroxylamine groups is 1. The van der Waals surface area contributed by atoms with Gasteiger partial charge in [0, 0.05) is 26.0 Å². The van der Waals surface area contributed by atoms with Gasteiger partial charge in [0.05, 0.1) is 37.5 Å². The third-order valence-electron chi connectivity index (χ3n) is 5.07. The molecule has 1 aromatic rings. The maximum atomic E-state index is 13.0. The number of carbonyl (C=O) groups is 2. The quantitative estimate of drug-likeness (QED) is 0.0766. The Labute approximate surface area is 213 Å². The second-order valence-electron chi connectivity index (χ2n) is 8.33. The van der Waals surface area contributed by atoms with Crippen LogP contribution in [0.3, 0.4) is 0 Å². The van der Waals surface area contributed by atoms with Crippen LogP contribution in [0.25, 0.3) is 0 Å². The number of hydrogen-bond acceptors (Lipinski definition) is 8. The molecule has 2 amide bonds. The minimum atomic E-state index is -0.704. The maximum Gasteiger partial charge on any atom is 0.244 e. The first-order valence-electron chi connectivity index (χ1n) is 11.6. The first kappa shape index (κ1) is 30.7. The van der Waals surface area contributed by atoms with Crippen LogP contribution in [0.15, 0.2) is 24.3 Å². The van der Waals surface area contributed by atoms with Gasteiger partial charge in [0.1, 0.15) is 12.5 Å². The Kier molecular flexibility index (Phi) is 15.8. The van der Waals surface area contributed by atoms with Crippen LogP contribution < -0.4 is 20.9 Å². The number of methoxy groups -OCH3 is 1. The lowest BCUT2D eigenvalue weighted by molar-refractivity contribution is -0.135. The van der Waals surface area contributed by atoms with E-state index in [1.807, 2.05) is 45.0 Å². The molecule has 2 atom stereocenters. The van der Waals surface area contributed by atoms with Crippen LogP contribution in [0.2, 0.25) is 0 Å². The standard InChI is InChI=1S/C24H39N3O7S/c1-17(2)22(24(35)25-10-12-32-16-33-14-13-31-4)26-23(29)19(15-21(28)27-30)9-11-34-20-7-5-18(3)6-8-20/h5-8,17,19,22,30H,9-16H2,1-4H3,(H,25,35)(H,26,29)(H,27,28). The Morgan fingerprint density at radius 3 is 2.37 bits per heavy atom. The van der Waals surface area contributed by atoms with Crippen molar-refractivity contribution in [1.82, 2.24) is 16.1 Å². The Morgan fingerprint density at radius 2 is 1.74 bits per heavy atom. The second kappa shape index (κ2) is 18.0. The van der Waals surface area contributed by atoms with Crippen molar-refractivity contribution in [3.63, 3.8) is 0 Å². The Morgan fingerprint density at radius 1 is 1.06 bits per heavy atom. The van der Waals surface area contributed by atoms with Gasteiger partial charge in [-0.1, -0.05) is 43.8 Å². The zero-order chi connectivity index (χ0) is 26.1. The SMILES string of the molecule is COCCOCOCCNC(=S)C(NC(=O)C(CCOc1ccc(C)cc1)CC(=O)NO)C(C)C. The second-order valence-corrected chi connectivity index (χ2v) is 8.77. The molecule has 0 fully saturated rings. The number of aryl methyl sites for hydroxylation is 1. The molecule has 0 aliphatic rings. The number of hydrogen-bond donors (Lipinski definition) is 4. The van der Waals surface area contributed by atoms with Crippen LogP contribution in [0, 0.1) is 18.8 Å². The minimum Gasteiger partial charge on any atom is -0.494 e. The number of carbonyl (C=O) groups excluding carboxylic acids is 2. The fraction of sp³-hybridized carbons (Fsp3) is 0.625. The summed E-state index contributed by atoms with van der Waals surface area (Å²) in [6.45, 7) is 8.03. The molecule has 0 saturated heterocycles. The van der Waals surface area contributed by atoms with E-state index in [4.69, 9.17) is 36.4 Å². The third-order valence-corrected chi connectivity index (χ3v) is 5.47. The first-order valence-corrected chi connectivity index (χ1v) is 12.0. The highest BCUT2D eigenvalue weighted by Crippen LogP contribution is 2.16. The molecule has 0 heterocycles. The zero-order valence-electron chi connectivity index (χ0n) is 21.0. The topological polar surface area (TPSA) is 127 Å². The molecule has 2 unspecified atom stereocenters. The summed E-state index contributed by atoms with van der Waals surface area (Å²) in [4.78, 5) is 25.3. The third kappa shape index (κ3) is 13.4. The molecule has 0 saturated carbocycles. The van der Waals surface area contributed by atoms with Gasteiger partial charge in [0.2, 0.25) is 11.8 Å². The molecule has 0 aliphatic carbocycles. The summed E-state index contributed by atoms with van der Waals surface area (Å²) in [5.74, 6) is -1.00. The predicted octanol–water partition coefficient (Wildman–Crippen LogP) is 1.97. The number of rotatable bonds is 18. The molecule has 0 radical (unpaired) electrons. The van der Waals surface area contributed by atoms with Gasteiger partial charge in [0.25, 0.3) is 0 Å². The molecule has 35 heavy (non-hydrogen) atoms. The summed E-state index contributed by atoms with van der Waals surface area (Å²) in [6.07, 6.45) is 0.108. The molecule has 1 rings (SSSR count). The fourth-order valence-corrected chi connectivity index (χ4v) is 3.46. The Hall–Kier alpha value is -2.31. The van der Waals surface area contributed by atoms with E-state index in [1.165, 1.54) is 0 Å². The van der Waals surface area contributed by atoms with Crippen molar-refractivity contribution in [3.05, 3.63) is 29.8 Å². The van der Waals surface area contributed by atoms with Crippen molar-refractivity contribution in [2.75, 3.05) is 46.9 Å². The van der Waals surface area contributed by atoms with Crippen molar-refractivity contribution in [2.45, 2.75) is 39.7 Å². The summed E-state index contributed by atoms with van der Waals surface area (Å²) in [6, 6.07) is 7.12. The van der Waals surface area contributed by atoms with Crippen molar-refractivity contribution < 1.29 is 33.7 Å². The maximum absolute atomic E-state index is 13.0. The van der Waals surface area contributed by atoms with Gasteiger partial charge in [-0.2, -0.15) is 0 Å². The molecule has 0 spiro atoms. The highest BCUT2D eigenvalue weighted by Gasteiger charge is 2.27. The Balaban J connectivity index is 2.58. The molecule has 10 nitrogen and oxygen atoms in total. The monoisotopic (exact) mass is 513 g/mol. The van der Waals surface area contributed by atoms with Crippen molar-refractivity contribution >= 4 is 29.0 Å². The van der Waals surface area contributed by atoms with Gasteiger partial charge in [0.15, 0.2) is 0 Å². The van der Waals surface area contributed by atoms with Gasteiger partial charge in [-0.15, -0.1) is 0 Å². The minimum absolute atomic E-state index is 0.00775. The highest BCUT2D eigenvalue weighted by atomic mass is 32.1. The largest absolute Gasteiger partial charge is 0.494 e. The number of thiocarbonyl (C=S) groups is 1. The predicted molar refractivity (Wildman–Crippen MR) is 135 cm³/mol. The normalized spacial score (nSPS) is 12.6. The number of amides is 2. The molecule has 0 bridgehead atoms. The van der Waals surface area contributed by atoms with Crippen LogP contribution in [0.4, 0.5) is 0 Å². The molecular weight excluding hydrogens is 474 g/mol. The van der Waals surface area contributed by atoms with E-state index in [0.717, 1.165) is 5.56 Å². The van der Waals surface area contributed by atoms with Crippen LogP contribution in [0.5, 0.6) is 5.75 Å². The van der Waals surface area contributed by atoms with Crippen LogP contribution in [-0.4, -0.2) is 74.9 Å². The van der Waals surface area contributed by atoms with Gasteiger partial charge >= 0.3 is 0 Å². The lowest BCUT2D eigenvalue weighted by atomic mass is 9.97. The molecule has 198 valence electrons. The average molecular weight is 514 g/mol. The summed E-state index contributed by atoms with van der Waals surface area (Å²) < 4.78 is 21.2. The summed E-state index contributed by atoms with van der Waals surface area (Å²) in [7, 11) is 1.60. The summed E-state index contributed by atoms with van der Waals surface area (Å²) in [5.41, 5.74) is 2.70. The van der Waals surface area contributed by atoms with E-state index in [0.29, 0.717) is 37.1 Å². The number of benzene rings is 1. The molecule has 1 aromatic carbocycles. The van der Waals surface area contributed by atoms with E-state index >= 15 is 0 Å². The van der Waals surface area contributed by atoms with E-state index < -0.39 is 17.9 Å². The molecular formula is C24H39N3O7S. The van der Waals surface area contributed by atoms with E-state index in [-0.39, 0.29) is 38.1 Å². The van der Waals surface area contributed by atoms with Crippen molar-refractivity contribution in [3.8, 4) is 5.75 Å². The summed E-state index contributed by atoms with van der Waals surface area (Å²) >= 11 is 5.49. The summed E-state index contributed by atoms with van der Waals surface area (Å²) in [5, 5.41) is 15.0. The van der Waals surface area contributed by atoms with Gasteiger partial charge in [-0.05, 0) is 31.4 Å². The van der Waals surface area contributed by atoms with E-state index in [1.54, 1.807) is 12.6 Å². The molecule has 4 N–H and O–H groups in total. The molecule has 0 aliphatic heterocycles. The zero-order valence-corrected chi connectivity index (χ0v) is 21.8. The van der Waals surface area contributed by atoms with Gasteiger partial charge in [-0.3, -0.25) is 14.8 Å². The van der Waals surface area contributed by atoms with Crippen LogP contribution >= 0.6 is 12.2 Å². The van der Waals surface area contributed by atoms with Gasteiger partial charge in [-0.25, -0.2) is 5.48 Å². The fourth-order valence-electron chi connectivity index (χ4n) is 3.03. The van der Waals surface area contributed by atoms with Crippen molar-refractivity contribution in [1.29, 1.82) is 0 Å². The lowest BCUT2D eigenvalue weighted by Crippen LogP contribution is -2.51. The Bertz CT molecular complexity index is 762. The van der Waals surface area contributed by atoms with Gasteiger partial charge < -0.3 is 29.6 Å². The lowest BCUT2D eigenvalue weighted by Gasteiger charge is -2.26. The molecule has 11 heteroatoms. The highest BCUT2D eigenvalue weighted by molar-refractivity contribution is 7.80. The van der Waals surface area contributed by atoms with Crippen molar-refractivity contribution in [2.24, 2.45) is 11.8 Å². The van der Waals surface area contributed by atoms with Crippen LogP contribution in [-0.2, 0) is 23.8 Å². The first-order chi connectivity index (χ1) is 16.8. The number of ether oxygens (including phenoxy) is 4. The number of nitrogens with one attached hydrogen (secondary N) is 3. The smallest absolute Gasteiger partial charge is 0.244 e. The average Bonchev–Trinajstić information content (AvgIpc) is 2.84. The molecule has 0 aromatic heterocycles. The van der Waals surface area contributed by atoms with E-state index in [9.17, 15) is 9.59 Å².